The molecule has 1 atom stereocenters. The molecule has 0 radical (unpaired) electrons. The van der Waals surface area contributed by atoms with Crippen LogP contribution in [0.25, 0.3) is 0 Å². The normalized spacial score (nSPS) is 20.8. The Kier molecular flexibility index (Phi) is 6.73. The van der Waals surface area contributed by atoms with Gasteiger partial charge in [0.15, 0.2) is 17.5 Å². The summed E-state index contributed by atoms with van der Waals surface area (Å²) >= 11 is 0. The van der Waals surface area contributed by atoms with E-state index in [0.29, 0.717) is 0 Å². The van der Waals surface area contributed by atoms with Gasteiger partial charge in [-0.25, -0.2) is 0 Å². The van der Waals surface area contributed by atoms with Gasteiger partial charge in [-0.05, 0) is 43.9 Å². The van der Waals surface area contributed by atoms with E-state index in [1.54, 1.807) is 21.3 Å². The monoisotopic (exact) mass is 335 g/mol. The van der Waals surface area contributed by atoms with Gasteiger partial charge < -0.3 is 24.8 Å². The first kappa shape index (κ1) is 18.4. The molecule has 0 aliphatic carbocycles. The molecule has 1 aromatic rings. The fourth-order valence-electron chi connectivity index (χ4n) is 2.83. The molecule has 0 bridgehead atoms. The third-order valence-electron chi connectivity index (χ3n) is 4.31. The lowest BCUT2D eigenvalue weighted by Crippen LogP contribution is -2.45. The van der Waals surface area contributed by atoms with Gasteiger partial charge in [0.1, 0.15) is 0 Å². The molecule has 1 aromatic carbocycles. The van der Waals surface area contributed by atoms with Crippen LogP contribution in [0.3, 0.4) is 0 Å². The average Bonchev–Trinajstić information content (AvgIpc) is 3.04. The van der Waals surface area contributed by atoms with E-state index >= 15 is 0 Å². The maximum Gasteiger partial charge on any atom is 0.191 e. The SMILES string of the molecule is CN=C(NCCc1ccc(OC)c(OC)c1)NCC1(C)CCCO1. The molecule has 2 rings (SSSR count). The number of hydrogen-bond donors (Lipinski definition) is 2. The summed E-state index contributed by atoms with van der Waals surface area (Å²) in [7, 11) is 5.07. The van der Waals surface area contributed by atoms with E-state index in [9.17, 15) is 0 Å². The minimum atomic E-state index is -0.0824. The van der Waals surface area contributed by atoms with Crippen LogP contribution in [-0.4, -0.2) is 52.5 Å². The minimum Gasteiger partial charge on any atom is -0.493 e. The third-order valence-corrected chi connectivity index (χ3v) is 4.31. The summed E-state index contributed by atoms with van der Waals surface area (Å²) in [5, 5.41) is 6.68. The van der Waals surface area contributed by atoms with Crippen LogP contribution in [0.5, 0.6) is 11.5 Å². The Labute approximate surface area is 144 Å². The van der Waals surface area contributed by atoms with Crippen molar-refractivity contribution in [2.24, 2.45) is 4.99 Å². The lowest BCUT2D eigenvalue weighted by Gasteiger charge is -2.24. The van der Waals surface area contributed by atoms with Crippen molar-refractivity contribution in [2.75, 3.05) is 41.0 Å². The van der Waals surface area contributed by atoms with Crippen molar-refractivity contribution in [3.63, 3.8) is 0 Å². The Hall–Kier alpha value is -1.95. The van der Waals surface area contributed by atoms with Gasteiger partial charge in [0, 0.05) is 26.7 Å². The quantitative estimate of drug-likeness (QED) is 0.589. The standard InChI is InChI=1S/C18H29N3O3/c1-18(9-5-11-24-18)13-21-17(19-2)20-10-8-14-6-7-15(22-3)16(12-14)23-4/h6-7,12H,5,8-11,13H2,1-4H3,(H2,19,20,21). The van der Waals surface area contributed by atoms with Gasteiger partial charge in [-0.2, -0.15) is 0 Å². The molecule has 0 aromatic heterocycles. The number of ether oxygens (including phenoxy) is 3. The number of nitrogens with zero attached hydrogens (tertiary/aromatic N) is 1. The van der Waals surface area contributed by atoms with Crippen molar-refractivity contribution in [1.82, 2.24) is 10.6 Å². The highest BCUT2D eigenvalue weighted by molar-refractivity contribution is 5.79. The van der Waals surface area contributed by atoms with Crippen molar-refractivity contribution in [1.29, 1.82) is 0 Å². The van der Waals surface area contributed by atoms with E-state index < -0.39 is 0 Å². The van der Waals surface area contributed by atoms with Crippen LogP contribution in [-0.2, 0) is 11.2 Å². The van der Waals surface area contributed by atoms with Gasteiger partial charge >= 0.3 is 0 Å². The maximum atomic E-state index is 5.79. The first-order valence-corrected chi connectivity index (χ1v) is 8.39. The highest BCUT2D eigenvalue weighted by atomic mass is 16.5. The molecule has 0 spiro atoms. The van der Waals surface area contributed by atoms with Crippen LogP contribution in [0.2, 0.25) is 0 Å². The van der Waals surface area contributed by atoms with Crippen molar-refractivity contribution >= 4 is 5.96 Å². The Morgan fingerprint density at radius 1 is 1.25 bits per heavy atom. The molecule has 6 nitrogen and oxygen atoms in total. The van der Waals surface area contributed by atoms with Crippen LogP contribution in [0, 0.1) is 0 Å². The molecule has 1 saturated heterocycles. The van der Waals surface area contributed by atoms with E-state index in [0.717, 1.165) is 56.4 Å². The number of nitrogens with one attached hydrogen (secondary N) is 2. The smallest absolute Gasteiger partial charge is 0.191 e. The van der Waals surface area contributed by atoms with Gasteiger partial charge in [-0.15, -0.1) is 0 Å². The molecule has 1 heterocycles. The molecule has 1 aliphatic rings. The van der Waals surface area contributed by atoms with Gasteiger partial charge in [-0.1, -0.05) is 6.07 Å². The molecule has 24 heavy (non-hydrogen) atoms. The zero-order valence-electron chi connectivity index (χ0n) is 15.1. The number of methoxy groups -OCH3 is 2. The zero-order chi connectivity index (χ0) is 17.4. The molecule has 1 fully saturated rings. The van der Waals surface area contributed by atoms with Crippen LogP contribution < -0.4 is 20.1 Å². The molecular weight excluding hydrogens is 306 g/mol. The summed E-state index contributed by atoms with van der Waals surface area (Å²) in [6.45, 7) is 4.54. The lowest BCUT2D eigenvalue weighted by atomic mass is 10.0. The van der Waals surface area contributed by atoms with Gasteiger partial charge in [-0.3, -0.25) is 4.99 Å². The van der Waals surface area contributed by atoms with Crippen LogP contribution >= 0.6 is 0 Å². The Balaban J connectivity index is 1.79. The number of guanidine groups is 1. The molecule has 2 N–H and O–H groups in total. The van der Waals surface area contributed by atoms with E-state index in [1.807, 2.05) is 18.2 Å². The Morgan fingerprint density at radius 3 is 2.67 bits per heavy atom. The topological polar surface area (TPSA) is 64.1 Å². The van der Waals surface area contributed by atoms with Gasteiger partial charge in [0.05, 0.1) is 19.8 Å². The third kappa shape index (κ3) is 5.03. The van der Waals surface area contributed by atoms with Crippen molar-refractivity contribution in [3.8, 4) is 11.5 Å². The zero-order valence-corrected chi connectivity index (χ0v) is 15.1. The van der Waals surface area contributed by atoms with Crippen LogP contribution in [0.4, 0.5) is 0 Å². The predicted molar refractivity (Wildman–Crippen MR) is 96.2 cm³/mol. The number of rotatable bonds is 7. The molecule has 134 valence electrons. The van der Waals surface area contributed by atoms with Crippen molar-refractivity contribution in [2.45, 2.75) is 31.8 Å². The fraction of sp³-hybridized carbons (Fsp3) is 0.611. The summed E-state index contributed by atoms with van der Waals surface area (Å²) < 4.78 is 16.4. The number of hydrogen-bond acceptors (Lipinski definition) is 4. The Morgan fingerprint density at radius 2 is 2.04 bits per heavy atom. The minimum absolute atomic E-state index is 0.0824. The van der Waals surface area contributed by atoms with E-state index in [2.05, 4.69) is 22.5 Å². The summed E-state index contributed by atoms with van der Waals surface area (Å²) in [5.41, 5.74) is 1.10. The summed E-state index contributed by atoms with van der Waals surface area (Å²) in [5.74, 6) is 2.30. The van der Waals surface area contributed by atoms with Crippen LogP contribution in [0.1, 0.15) is 25.3 Å². The van der Waals surface area contributed by atoms with Crippen molar-refractivity contribution < 1.29 is 14.2 Å². The molecule has 6 heteroatoms. The summed E-state index contributed by atoms with van der Waals surface area (Å²) in [6.07, 6.45) is 3.08. The van der Waals surface area contributed by atoms with Crippen LogP contribution in [0.15, 0.2) is 23.2 Å². The molecule has 1 unspecified atom stereocenters. The van der Waals surface area contributed by atoms with E-state index in [4.69, 9.17) is 14.2 Å². The number of benzene rings is 1. The van der Waals surface area contributed by atoms with Gasteiger partial charge in [0.2, 0.25) is 0 Å². The number of aliphatic imine (C=N–C) groups is 1. The molecular formula is C18H29N3O3. The van der Waals surface area contributed by atoms with E-state index in [-0.39, 0.29) is 5.60 Å². The average molecular weight is 335 g/mol. The molecule has 0 amide bonds. The first-order valence-electron chi connectivity index (χ1n) is 8.39. The predicted octanol–water partition coefficient (Wildman–Crippen LogP) is 1.98. The van der Waals surface area contributed by atoms with Crippen molar-refractivity contribution in [3.05, 3.63) is 23.8 Å². The largest absolute Gasteiger partial charge is 0.493 e. The highest BCUT2D eigenvalue weighted by Crippen LogP contribution is 2.27. The summed E-state index contributed by atoms with van der Waals surface area (Å²) in [6, 6.07) is 5.98. The van der Waals surface area contributed by atoms with Gasteiger partial charge in [0.25, 0.3) is 0 Å². The second-order valence-corrected chi connectivity index (χ2v) is 6.19. The maximum absolute atomic E-state index is 5.79. The Bertz CT molecular complexity index is 554. The second-order valence-electron chi connectivity index (χ2n) is 6.19. The molecule has 1 aliphatic heterocycles. The second kappa shape index (κ2) is 8.78. The molecule has 0 saturated carbocycles. The fourth-order valence-corrected chi connectivity index (χ4v) is 2.83. The van der Waals surface area contributed by atoms with E-state index in [1.165, 1.54) is 5.56 Å². The summed E-state index contributed by atoms with van der Waals surface area (Å²) in [4.78, 5) is 4.27. The lowest BCUT2D eigenvalue weighted by molar-refractivity contribution is 0.0243. The highest BCUT2D eigenvalue weighted by Gasteiger charge is 2.29. The first-order chi connectivity index (χ1) is 11.6.